The van der Waals surface area contributed by atoms with E-state index in [9.17, 15) is 0 Å². The highest BCUT2D eigenvalue weighted by atomic mass is 14.9. The summed E-state index contributed by atoms with van der Waals surface area (Å²) in [4.78, 5) is 0. The van der Waals surface area contributed by atoms with Gasteiger partial charge in [0.25, 0.3) is 0 Å². The van der Waals surface area contributed by atoms with Gasteiger partial charge in [0.05, 0.1) is 0 Å². The molecule has 0 aromatic heterocycles. The molecule has 6 bridgehead atoms. The topological polar surface area (TPSA) is 12.0 Å². The van der Waals surface area contributed by atoms with Crippen molar-refractivity contribution in [3.05, 3.63) is 107 Å². The molecule has 1 heteroatoms. The van der Waals surface area contributed by atoms with Crippen molar-refractivity contribution in [1.29, 1.82) is 0 Å². The van der Waals surface area contributed by atoms with Crippen LogP contribution in [0.4, 0.5) is 11.4 Å². The van der Waals surface area contributed by atoms with E-state index in [0.29, 0.717) is 5.92 Å². The molecule has 0 aliphatic heterocycles. The largest absolute Gasteiger partial charge is 0.354 e. The summed E-state index contributed by atoms with van der Waals surface area (Å²) < 4.78 is 0. The number of fused-ring (bicyclic) bond motifs is 11. The van der Waals surface area contributed by atoms with Crippen LogP contribution in [0.3, 0.4) is 0 Å². The van der Waals surface area contributed by atoms with Gasteiger partial charge in [0.15, 0.2) is 0 Å². The molecule has 0 amide bonds. The molecule has 6 saturated carbocycles. The van der Waals surface area contributed by atoms with Crippen LogP contribution in [0.25, 0.3) is 22.3 Å². The van der Waals surface area contributed by atoms with Gasteiger partial charge in [-0.3, -0.25) is 0 Å². The van der Waals surface area contributed by atoms with Crippen molar-refractivity contribution in [2.24, 2.45) is 47.3 Å². The van der Waals surface area contributed by atoms with Crippen LogP contribution >= 0.6 is 0 Å². The van der Waals surface area contributed by atoms with E-state index < -0.39 is 0 Å². The van der Waals surface area contributed by atoms with E-state index in [-0.39, 0.29) is 10.8 Å². The number of hydrogen-bond donors (Lipinski definition) is 1. The number of benzene rings is 4. The first kappa shape index (κ1) is 26.7. The summed E-state index contributed by atoms with van der Waals surface area (Å²) in [6, 6.07) is 33.7. The molecule has 12 rings (SSSR count). The lowest BCUT2D eigenvalue weighted by atomic mass is 9.43. The van der Waals surface area contributed by atoms with E-state index in [1.165, 1.54) is 91.4 Å². The van der Waals surface area contributed by atoms with Crippen LogP contribution in [0.5, 0.6) is 0 Å². The molecule has 4 aromatic carbocycles. The predicted molar refractivity (Wildman–Crippen MR) is 189 cm³/mol. The highest BCUT2D eigenvalue weighted by Crippen LogP contribution is 2.70. The molecule has 5 unspecified atom stereocenters. The highest BCUT2D eigenvalue weighted by Gasteiger charge is 2.62. The van der Waals surface area contributed by atoms with Crippen molar-refractivity contribution in [2.75, 3.05) is 5.32 Å². The molecule has 0 saturated heterocycles. The SMILES string of the molecule is CC1CC2CC(C)C3(c4ccccc4-c4c(Nc5cccc6c5-c5ccccc5C65C6CC7CC(C6)CC5C7)cccc43)C(C1)C2. The Labute approximate surface area is 275 Å². The Bertz CT molecular complexity index is 1880. The lowest BCUT2D eigenvalue weighted by molar-refractivity contribution is -0.0399. The minimum absolute atomic E-state index is 0.129. The monoisotopic (exact) mass is 601 g/mol. The summed E-state index contributed by atoms with van der Waals surface area (Å²) in [6.45, 7) is 5.11. The van der Waals surface area contributed by atoms with Gasteiger partial charge in [-0.2, -0.15) is 0 Å². The lowest BCUT2D eigenvalue weighted by Crippen LogP contribution is -2.55. The molecule has 8 aliphatic carbocycles. The van der Waals surface area contributed by atoms with Crippen LogP contribution in [-0.2, 0) is 10.8 Å². The minimum Gasteiger partial charge on any atom is -0.354 e. The quantitative estimate of drug-likeness (QED) is 0.241. The maximum absolute atomic E-state index is 4.19. The molecule has 1 nitrogen and oxygen atoms in total. The standard InChI is InChI=1S/C45H47N/c1-26-17-28-19-27(2)44(31(18-26)21-28)36-11-5-3-9-34(36)42-38(44)13-7-15-40(42)46-41-16-8-14-39-43(41)35-10-4-6-12-37(35)45(39)32-22-29-20-30(24-32)25-33(45)23-29/h3-16,26-33,46H,17-25H2,1-2H3. The normalized spacial score (nSPS) is 38.5. The summed E-state index contributed by atoms with van der Waals surface area (Å²) in [5.74, 6) is 6.64. The van der Waals surface area contributed by atoms with E-state index >= 15 is 0 Å². The van der Waals surface area contributed by atoms with E-state index in [2.05, 4.69) is 104 Å². The van der Waals surface area contributed by atoms with Crippen molar-refractivity contribution in [3.8, 4) is 22.3 Å². The fraction of sp³-hybridized carbons (Fsp3) is 0.467. The molecule has 5 atom stereocenters. The highest BCUT2D eigenvalue weighted by molar-refractivity contribution is 5.96. The van der Waals surface area contributed by atoms with Gasteiger partial charge < -0.3 is 5.32 Å². The smallest absolute Gasteiger partial charge is 0.0467 e. The van der Waals surface area contributed by atoms with Gasteiger partial charge >= 0.3 is 0 Å². The lowest BCUT2D eigenvalue weighted by Gasteiger charge is -2.61. The van der Waals surface area contributed by atoms with Gasteiger partial charge in [0.2, 0.25) is 0 Å². The third-order valence-corrected chi connectivity index (χ3v) is 15.1. The van der Waals surface area contributed by atoms with Crippen LogP contribution in [0, 0.1) is 47.3 Å². The van der Waals surface area contributed by atoms with E-state index in [1.807, 2.05) is 0 Å². The Morgan fingerprint density at radius 3 is 1.54 bits per heavy atom. The summed E-state index contributed by atoms with van der Waals surface area (Å²) in [6.07, 6.45) is 12.8. The number of rotatable bonds is 2. The van der Waals surface area contributed by atoms with Crippen LogP contribution < -0.4 is 5.32 Å². The van der Waals surface area contributed by atoms with Crippen molar-refractivity contribution in [1.82, 2.24) is 0 Å². The molecule has 6 fully saturated rings. The maximum Gasteiger partial charge on any atom is 0.0467 e. The number of anilines is 2. The molecule has 0 radical (unpaired) electrons. The Morgan fingerprint density at radius 1 is 0.457 bits per heavy atom. The third kappa shape index (κ3) is 3.15. The maximum atomic E-state index is 4.19. The van der Waals surface area contributed by atoms with Gasteiger partial charge in [-0.1, -0.05) is 86.6 Å². The van der Waals surface area contributed by atoms with Crippen molar-refractivity contribution in [2.45, 2.75) is 82.5 Å². The van der Waals surface area contributed by atoms with Gasteiger partial charge in [0, 0.05) is 33.3 Å². The minimum atomic E-state index is 0.129. The first-order chi connectivity index (χ1) is 22.6. The van der Waals surface area contributed by atoms with Crippen LogP contribution in [0.1, 0.15) is 93.9 Å². The number of nitrogens with one attached hydrogen (secondary N) is 1. The Hall–Kier alpha value is -3.32. The second-order valence-electron chi connectivity index (χ2n) is 17.2. The first-order valence-electron chi connectivity index (χ1n) is 18.8. The zero-order chi connectivity index (χ0) is 30.4. The summed E-state index contributed by atoms with van der Waals surface area (Å²) in [7, 11) is 0. The summed E-state index contributed by atoms with van der Waals surface area (Å²) in [5.41, 5.74) is 15.4. The zero-order valence-corrected chi connectivity index (χ0v) is 27.6. The van der Waals surface area contributed by atoms with Crippen LogP contribution in [0.2, 0.25) is 0 Å². The molecule has 46 heavy (non-hydrogen) atoms. The molecule has 0 heterocycles. The van der Waals surface area contributed by atoms with Crippen LogP contribution in [-0.4, -0.2) is 0 Å². The first-order valence-corrected chi connectivity index (χ1v) is 18.8. The Kier molecular flexibility index (Phi) is 5.33. The van der Waals surface area contributed by atoms with Gasteiger partial charge in [-0.05, 0) is 151 Å². The van der Waals surface area contributed by atoms with Crippen molar-refractivity contribution in [3.63, 3.8) is 0 Å². The average molecular weight is 602 g/mol. The third-order valence-electron chi connectivity index (χ3n) is 15.1. The number of hydrogen-bond acceptors (Lipinski definition) is 1. The van der Waals surface area contributed by atoms with E-state index in [1.54, 1.807) is 22.3 Å². The molecule has 4 aromatic rings. The second kappa shape index (κ2) is 9.18. The second-order valence-corrected chi connectivity index (χ2v) is 17.2. The van der Waals surface area contributed by atoms with Gasteiger partial charge in [0.1, 0.15) is 0 Å². The average Bonchev–Trinajstić information content (AvgIpc) is 3.52. The fourth-order valence-electron chi connectivity index (χ4n) is 14.3. The fourth-order valence-corrected chi connectivity index (χ4v) is 14.3. The van der Waals surface area contributed by atoms with E-state index in [4.69, 9.17) is 0 Å². The Morgan fingerprint density at radius 2 is 0.935 bits per heavy atom. The Balaban J connectivity index is 1.09. The molecular weight excluding hydrogens is 555 g/mol. The zero-order valence-electron chi connectivity index (χ0n) is 27.6. The van der Waals surface area contributed by atoms with E-state index in [0.717, 1.165) is 41.4 Å². The molecular formula is C45H47N. The summed E-state index contributed by atoms with van der Waals surface area (Å²) >= 11 is 0. The molecule has 1 N–H and O–H groups in total. The predicted octanol–water partition coefficient (Wildman–Crippen LogP) is 11.5. The van der Waals surface area contributed by atoms with Crippen LogP contribution in [0.15, 0.2) is 84.9 Å². The van der Waals surface area contributed by atoms with Crippen molar-refractivity contribution >= 4 is 11.4 Å². The van der Waals surface area contributed by atoms with Gasteiger partial charge in [-0.25, -0.2) is 0 Å². The summed E-state index contributed by atoms with van der Waals surface area (Å²) in [5, 5.41) is 4.19. The van der Waals surface area contributed by atoms with Crippen molar-refractivity contribution < 1.29 is 0 Å². The molecule has 2 spiro atoms. The molecule has 232 valence electrons. The molecule has 8 aliphatic rings. The van der Waals surface area contributed by atoms with Gasteiger partial charge in [-0.15, -0.1) is 0 Å².